The molecule has 1 aliphatic rings. The van der Waals surface area contributed by atoms with Crippen molar-refractivity contribution in [1.29, 1.82) is 0 Å². The maximum Gasteiger partial charge on any atom is 0.0574 e. The molecule has 1 rings (SSSR count). The number of rotatable bonds is 0. The quantitative estimate of drug-likeness (QED) is 0.503. The van der Waals surface area contributed by atoms with Gasteiger partial charge in [0, 0.05) is 6.04 Å². The Labute approximate surface area is 56.8 Å². The first-order valence-electron chi connectivity index (χ1n) is 3.72. The first-order chi connectivity index (χ1) is 4.20. The summed E-state index contributed by atoms with van der Waals surface area (Å²) in [6, 6.07) is 0.621. The number of nitrogens with two attached hydrogens (primary N) is 1. The van der Waals surface area contributed by atoms with E-state index in [9.17, 15) is 0 Å². The Bertz CT molecular complexity index is 92.9. The second-order valence-corrected chi connectivity index (χ2v) is 3.15. The van der Waals surface area contributed by atoms with Gasteiger partial charge in [0.15, 0.2) is 0 Å². The molecule has 0 saturated carbocycles. The fourth-order valence-electron chi connectivity index (χ4n) is 1.27. The summed E-state index contributed by atoms with van der Waals surface area (Å²) in [4.78, 5) is 0. The van der Waals surface area contributed by atoms with E-state index in [1.54, 1.807) is 0 Å². The van der Waals surface area contributed by atoms with Crippen molar-refractivity contribution >= 4 is 0 Å². The van der Waals surface area contributed by atoms with Crippen molar-refractivity contribution in [1.82, 2.24) is 5.32 Å². The molecule has 0 spiro atoms. The molecular weight excluding hydrogens is 112 g/mol. The fraction of sp³-hybridized carbons (Fsp3) is 1.00. The van der Waals surface area contributed by atoms with Gasteiger partial charge >= 0.3 is 0 Å². The van der Waals surface area contributed by atoms with E-state index in [-0.39, 0.29) is 6.17 Å². The first-order valence-corrected chi connectivity index (χ1v) is 3.72. The van der Waals surface area contributed by atoms with Crippen LogP contribution in [-0.2, 0) is 0 Å². The summed E-state index contributed by atoms with van der Waals surface area (Å²) in [5.41, 5.74) is 5.76. The third kappa shape index (κ3) is 1.66. The predicted octanol–water partition coefficient (Wildman–Crippen LogP) is 0.679. The molecular formula is C7H16N2. The molecule has 0 aliphatic carbocycles. The van der Waals surface area contributed by atoms with Gasteiger partial charge in [-0.1, -0.05) is 6.92 Å². The zero-order chi connectivity index (χ0) is 6.85. The minimum absolute atomic E-state index is 0.230. The minimum atomic E-state index is 0.230. The summed E-state index contributed by atoms with van der Waals surface area (Å²) in [6.07, 6.45) is 2.78. The SMILES string of the molecule is CC1CCC(C)C(N)N1. The van der Waals surface area contributed by atoms with E-state index >= 15 is 0 Å². The van der Waals surface area contributed by atoms with Crippen LogP contribution in [0.5, 0.6) is 0 Å². The van der Waals surface area contributed by atoms with Gasteiger partial charge in [0.2, 0.25) is 0 Å². The Morgan fingerprint density at radius 1 is 1.33 bits per heavy atom. The number of nitrogens with one attached hydrogen (secondary N) is 1. The summed E-state index contributed by atoms with van der Waals surface area (Å²) < 4.78 is 0. The Morgan fingerprint density at radius 2 is 2.00 bits per heavy atom. The van der Waals surface area contributed by atoms with Crippen molar-refractivity contribution in [2.45, 2.75) is 38.9 Å². The van der Waals surface area contributed by atoms with Crippen LogP contribution in [-0.4, -0.2) is 12.2 Å². The Balaban J connectivity index is 2.35. The summed E-state index contributed by atoms with van der Waals surface area (Å²) in [5, 5.41) is 3.31. The van der Waals surface area contributed by atoms with E-state index in [1.165, 1.54) is 12.8 Å². The van der Waals surface area contributed by atoms with Crippen LogP contribution in [0.1, 0.15) is 26.7 Å². The van der Waals surface area contributed by atoms with Gasteiger partial charge in [-0.15, -0.1) is 0 Å². The highest BCUT2D eigenvalue weighted by atomic mass is 15.1. The molecule has 1 aliphatic heterocycles. The normalized spacial score (nSPS) is 45.0. The highest BCUT2D eigenvalue weighted by Gasteiger charge is 2.20. The van der Waals surface area contributed by atoms with Crippen molar-refractivity contribution in [3.05, 3.63) is 0 Å². The average Bonchev–Trinajstić information content (AvgIpc) is 1.80. The molecule has 1 heterocycles. The molecule has 9 heavy (non-hydrogen) atoms. The Kier molecular flexibility index (Phi) is 2.09. The monoisotopic (exact) mass is 128 g/mol. The molecule has 0 aromatic rings. The molecule has 3 N–H and O–H groups in total. The molecule has 2 nitrogen and oxygen atoms in total. The summed E-state index contributed by atoms with van der Waals surface area (Å²) in [7, 11) is 0. The van der Waals surface area contributed by atoms with E-state index in [0.717, 1.165) is 0 Å². The van der Waals surface area contributed by atoms with Gasteiger partial charge in [-0.05, 0) is 25.7 Å². The largest absolute Gasteiger partial charge is 0.316 e. The van der Waals surface area contributed by atoms with Crippen LogP contribution in [0.4, 0.5) is 0 Å². The molecule has 1 saturated heterocycles. The van der Waals surface area contributed by atoms with Gasteiger partial charge in [-0.25, -0.2) is 0 Å². The van der Waals surface area contributed by atoms with Crippen LogP contribution in [0, 0.1) is 5.92 Å². The van der Waals surface area contributed by atoms with Crippen LogP contribution in [0.2, 0.25) is 0 Å². The Hall–Kier alpha value is -0.0800. The van der Waals surface area contributed by atoms with Crippen molar-refractivity contribution in [2.24, 2.45) is 11.7 Å². The molecule has 2 heteroatoms. The zero-order valence-corrected chi connectivity index (χ0v) is 6.22. The lowest BCUT2D eigenvalue weighted by molar-refractivity contribution is 0.260. The van der Waals surface area contributed by atoms with Crippen molar-refractivity contribution in [3.8, 4) is 0 Å². The second kappa shape index (κ2) is 2.67. The summed E-state index contributed by atoms with van der Waals surface area (Å²) in [5.74, 6) is 0.654. The number of hydrogen-bond acceptors (Lipinski definition) is 2. The second-order valence-electron chi connectivity index (χ2n) is 3.15. The number of hydrogen-bond donors (Lipinski definition) is 2. The molecule has 54 valence electrons. The summed E-state index contributed by atoms with van der Waals surface area (Å²) in [6.45, 7) is 4.38. The van der Waals surface area contributed by atoms with Crippen LogP contribution in [0.25, 0.3) is 0 Å². The van der Waals surface area contributed by atoms with Crippen molar-refractivity contribution in [3.63, 3.8) is 0 Å². The van der Waals surface area contributed by atoms with Gasteiger partial charge in [-0.3, -0.25) is 5.32 Å². The first kappa shape index (κ1) is 7.03. The zero-order valence-electron chi connectivity index (χ0n) is 6.22. The van der Waals surface area contributed by atoms with Crippen LogP contribution in [0.15, 0.2) is 0 Å². The van der Waals surface area contributed by atoms with Crippen LogP contribution < -0.4 is 11.1 Å². The lowest BCUT2D eigenvalue weighted by Crippen LogP contribution is -2.50. The van der Waals surface area contributed by atoms with Gasteiger partial charge < -0.3 is 5.73 Å². The molecule has 0 aromatic heterocycles. The maximum absolute atomic E-state index is 5.76. The smallest absolute Gasteiger partial charge is 0.0574 e. The molecule has 0 bridgehead atoms. The standard InChI is InChI=1S/C7H16N2/c1-5-3-4-6(2)9-7(5)8/h5-7,9H,3-4,8H2,1-2H3. The van der Waals surface area contributed by atoms with Gasteiger partial charge in [0.05, 0.1) is 6.17 Å². The molecule has 0 amide bonds. The molecule has 3 atom stereocenters. The van der Waals surface area contributed by atoms with Crippen molar-refractivity contribution in [2.75, 3.05) is 0 Å². The van der Waals surface area contributed by atoms with E-state index in [4.69, 9.17) is 5.73 Å². The highest BCUT2D eigenvalue weighted by molar-refractivity contribution is 4.77. The lowest BCUT2D eigenvalue weighted by atomic mass is 9.94. The van der Waals surface area contributed by atoms with Gasteiger partial charge in [-0.2, -0.15) is 0 Å². The van der Waals surface area contributed by atoms with Crippen molar-refractivity contribution < 1.29 is 0 Å². The van der Waals surface area contributed by atoms with E-state index in [0.29, 0.717) is 12.0 Å². The molecule has 0 aromatic carbocycles. The molecule has 1 fully saturated rings. The minimum Gasteiger partial charge on any atom is -0.316 e. The maximum atomic E-state index is 5.76. The van der Waals surface area contributed by atoms with Crippen LogP contribution >= 0.6 is 0 Å². The van der Waals surface area contributed by atoms with E-state index in [2.05, 4.69) is 19.2 Å². The highest BCUT2D eigenvalue weighted by Crippen LogP contribution is 2.15. The summed E-state index contributed by atoms with van der Waals surface area (Å²) >= 11 is 0. The van der Waals surface area contributed by atoms with Gasteiger partial charge in [0.25, 0.3) is 0 Å². The van der Waals surface area contributed by atoms with E-state index < -0.39 is 0 Å². The topological polar surface area (TPSA) is 38.0 Å². The predicted molar refractivity (Wildman–Crippen MR) is 39.0 cm³/mol. The molecule has 0 radical (unpaired) electrons. The van der Waals surface area contributed by atoms with Crippen LogP contribution in [0.3, 0.4) is 0 Å². The van der Waals surface area contributed by atoms with E-state index in [1.807, 2.05) is 0 Å². The third-order valence-corrected chi connectivity index (χ3v) is 2.15. The average molecular weight is 128 g/mol. The fourth-order valence-corrected chi connectivity index (χ4v) is 1.27. The molecule has 3 unspecified atom stereocenters. The number of piperidine rings is 1. The van der Waals surface area contributed by atoms with Gasteiger partial charge in [0.1, 0.15) is 0 Å². The Morgan fingerprint density at radius 3 is 2.44 bits per heavy atom. The third-order valence-electron chi connectivity index (χ3n) is 2.15. The lowest BCUT2D eigenvalue weighted by Gasteiger charge is -2.31.